The minimum atomic E-state index is -0.154. The van der Waals surface area contributed by atoms with E-state index in [0.29, 0.717) is 0 Å². The van der Waals surface area contributed by atoms with E-state index < -0.39 is 0 Å². The Bertz CT molecular complexity index is 285. The molecule has 1 fully saturated rings. The van der Waals surface area contributed by atoms with E-state index in [0.717, 1.165) is 19.5 Å². The van der Waals surface area contributed by atoms with Crippen molar-refractivity contribution in [3.8, 4) is 0 Å². The van der Waals surface area contributed by atoms with Crippen LogP contribution in [0.4, 0.5) is 4.39 Å². The molecule has 70 valence electrons. The number of hydrogen-bond donors (Lipinski definition) is 1. The highest BCUT2D eigenvalue weighted by Crippen LogP contribution is 2.29. The molecule has 1 N–H and O–H groups in total. The smallest absolute Gasteiger partial charge is 0.123 e. The topological polar surface area (TPSA) is 12.0 Å². The molecule has 0 spiro atoms. The molecule has 0 unspecified atom stereocenters. The van der Waals surface area contributed by atoms with Crippen molar-refractivity contribution in [1.29, 1.82) is 0 Å². The van der Waals surface area contributed by atoms with Crippen molar-refractivity contribution in [2.75, 3.05) is 13.1 Å². The molecule has 1 atom stereocenters. The predicted octanol–water partition coefficient (Wildman–Crippen LogP) is 2.08. The zero-order valence-electron chi connectivity index (χ0n) is 7.81. The van der Waals surface area contributed by atoms with E-state index in [1.165, 1.54) is 5.56 Å². The van der Waals surface area contributed by atoms with Crippen molar-refractivity contribution in [2.24, 2.45) is 0 Å². The van der Waals surface area contributed by atoms with Gasteiger partial charge in [0.2, 0.25) is 0 Å². The summed E-state index contributed by atoms with van der Waals surface area (Å²) in [5.41, 5.74) is 1.44. The average Bonchev–Trinajstić information content (AvgIpc) is 2.54. The summed E-state index contributed by atoms with van der Waals surface area (Å²) < 4.78 is 12.7. The second-order valence-corrected chi connectivity index (χ2v) is 3.99. The molecule has 2 heteroatoms. The first-order valence-electron chi connectivity index (χ1n) is 4.67. The fourth-order valence-electron chi connectivity index (χ4n) is 1.92. The third-order valence-corrected chi connectivity index (χ3v) is 2.91. The van der Waals surface area contributed by atoms with Gasteiger partial charge in [0.1, 0.15) is 5.82 Å². The van der Waals surface area contributed by atoms with Crippen LogP contribution in [0.3, 0.4) is 0 Å². The molecular formula is C11H14FN. The molecule has 1 aliphatic rings. The molecule has 1 aromatic rings. The van der Waals surface area contributed by atoms with Crippen molar-refractivity contribution in [3.05, 3.63) is 35.6 Å². The number of rotatable bonds is 1. The molecule has 0 aromatic heterocycles. The highest BCUT2D eigenvalue weighted by atomic mass is 19.1. The monoisotopic (exact) mass is 179 g/mol. The molecule has 0 amide bonds. The normalized spacial score (nSPS) is 27.8. The Balaban J connectivity index is 2.29. The lowest BCUT2D eigenvalue weighted by atomic mass is 9.82. The molecule has 1 aliphatic heterocycles. The maximum atomic E-state index is 12.7. The summed E-state index contributed by atoms with van der Waals surface area (Å²) >= 11 is 0. The van der Waals surface area contributed by atoms with Crippen LogP contribution in [0.1, 0.15) is 18.9 Å². The van der Waals surface area contributed by atoms with Gasteiger partial charge < -0.3 is 5.32 Å². The summed E-state index contributed by atoms with van der Waals surface area (Å²) in [4.78, 5) is 0. The lowest BCUT2D eigenvalue weighted by molar-refractivity contribution is 0.522. The predicted molar refractivity (Wildman–Crippen MR) is 51.2 cm³/mol. The molecular weight excluding hydrogens is 165 g/mol. The number of hydrogen-bond acceptors (Lipinski definition) is 1. The Labute approximate surface area is 78.0 Å². The van der Waals surface area contributed by atoms with Crippen molar-refractivity contribution in [2.45, 2.75) is 18.8 Å². The Morgan fingerprint density at radius 3 is 2.54 bits per heavy atom. The Kier molecular flexibility index (Phi) is 2.08. The van der Waals surface area contributed by atoms with Gasteiger partial charge in [-0.05, 0) is 30.7 Å². The Morgan fingerprint density at radius 1 is 1.31 bits per heavy atom. The van der Waals surface area contributed by atoms with Gasteiger partial charge >= 0.3 is 0 Å². The van der Waals surface area contributed by atoms with Gasteiger partial charge in [0.15, 0.2) is 0 Å². The summed E-state index contributed by atoms with van der Waals surface area (Å²) in [5.74, 6) is -0.154. The van der Waals surface area contributed by atoms with Crippen molar-refractivity contribution >= 4 is 0 Å². The zero-order chi connectivity index (χ0) is 9.31. The zero-order valence-corrected chi connectivity index (χ0v) is 7.81. The van der Waals surface area contributed by atoms with Crippen LogP contribution in [0.5, 0.6) is 0 Å². The standard InChI is InChI=1S/C11H14FN/c1-11(6-7-13-8-11)9-2-4-10(12)5-3-9/h2-5,13H,6-8H2,1H3/t11-/m0/s1. The third kappa shape index (κ3) is 1.59. The van der Waals surface area contributed by atoms with E-state index in [2.05, 4.69) is 12.2 Å². The largest absolute Gasteiger partial charge is 0.316 e. The molecule has 0 saturated carbocycles. The van der Waals surface area contributed by atoms with Crippen molar-refractivity contribution in [1.82, 2.24) is 5.32 Å². The average molecular weight is 179 g/mol. The highest BCUT2D eigenvalue weighted by molar-refractivity contribution is 5.26. The van der Waals surface area contributed by atoms with Crippen LogP contribution in [0, 0.1) is 5.82 Å². The summed E-state index contributed by atoms with van der Waals surface area (Å²) in [5, 5.41) is 3.33. The van der Waals surface area contributed by atoms with E-state index in [9.17, 15) is 4.39 Å². The van der Waals surface area contributed by atoms with Crippen LogP contribution in [0.15, 0.2) is 24.3 Å². The molecule has 1 heterocycles. The lowest BCUT2D eigenvalue weighted by Crippen LogP contribution is -2.24. The van der Waals surface area contributed by atoms with E-state index >= 15 is 0 Å². The van der Waals surface area contributed by atoms with Gasteiger partial charge in [0.25, 0.3) is 0 Å². The van der Waals surface area contributed by atoms with E-state index in [1.807, 2.05) is 12.1 Å². The SMILES string of the molecule is C[C@]1(c2ccc(F)cc2)CCNC1. The van der Waals surface area contributed by atoms with Crippen LogP contribution in [0.2, 0.25) is 0 Å². The summed E-state index contributed by atoms with van der Waals surface area (Å²) in [6, 6.07) is 6.86. The minimum absolute atomic E-state index is 0.154. The molecule has 0 bridgehead atoms. The molecule has 1 nitrogen and oxygen atoms in total. The van der Waals surface area contributed by atoms with Crippen molar-refractivity contribution < 1.29 is 4.39 Å². The second kappa shape index (κ2) is 3.11. The van der Waals surface area contributed by atoms with Gasteiger partial charge in [0.05, 0.1) is 0 Å². The van der Waals surface area contributed by atoms with Crippen LogP contribution in [-0.2, 0) is 5.41 Å². The van der Waals surface area contributed by atoms with Gasteiger partial charge in [-0.15, -0.1) is 0 Å². The van der Waals surface area contributed by atoms with Crippen LogP contribution < -0.4 is 5.32 Å². The minimum Gasteiger partial charge on any atom is -0.316 e. The maximum Gasteiger partial charge on any atom is 0.123 e. The number of benzene rings is 1. The van der Waals surface area contributed by atoms with E-state index in [4.69, 9.17) is 0 Å². The molecule has 0 aliphatic carbocycles. The molecule has 1 aromatic carbocycles. The molecule has 2 rings (SSSR count). The van der Waals surface area contributed by atoms with Crippen LogP contribution >= 0.6 is 0 Å². The van der Waals surface area contributed by atoms with E-state index in [-0.39, 0.29) is 11.2 Å². The number of halogens is 1. The fraction of sp³-hybridized carbons (Fsp3) is 0.455. The highest BCUT2D eigenvalue weighted by Gasteiger charge is 2.29. The molecule has 1 saturated heterocycles. The first-order valence-corrected chi connectivity index (χ1v) is 4.67. The molecule has 0 radical (unpaired) electrons. The first-order chi connectivity index (χ1) is 6.21. The quantitative estimate of drug-likeness (QED) is 0.696. The Hall–Kier alpha value is -0.890. The van der Waals surface area contributed by atoms with Gasteiger partial charge in [-0.1, -0.05) is 19.1 Å². The lowest BCUT2D eigenvalue weighted by Gasteiger charge is -2.22. The summed E-state index contributed by atoms with van der Waals surface area (Å²) in [6.45, 7) is 4.28. The molecule has 13 heavy (non-hydrogen) atoms. The Morgan fingerprint density at radius 2 is 2.00 bits per heavy atom. The fourth-order valence-corrected chi connectivity index (χ4v) is 1.92. The van der Waals surface area contributed by atoms with Crippen molar-refractivity contribution in [3.63, 3.8) is 0 Å². The van der Waals surface area contributed by atoms with Gasteiger partial charge in [0, 0.05) is 12.0 Å². The maximum absolute atomic E-state index is 12.7. The second-order valence-electron chi connectivity index (χ2n) is 3.99. The van der Waals surface area contributed by atoms with Gasteiger partial charge in [-0.3, -0.25) is 0 Å². The van der Waals surface area contributed by atoms with E-state index in [1.54, 1.807) is 12.1 Å². The summed E-state index contributed by atoms with van der Waals surface area (Å²) in [6.07, 6.45) is 1.14. The summed E-state index contributed by atoms with van der Waals surface area (Å²) in [7, 11) is 0. The van der Waals surface area contributed by atoms with Gasteiger partial charge in [-0.2, -0.15) is 0 Å². The first kappa shape index (κ1) is 8.70. The van der Waals surface area contributed by atoms with Crippen LogP contribution in [-0.4, -0.2) is 13.1 Å². The van der Waals surface area contributed by atoms with Gasteiger partial charge in [-0.25, -0.2) is 4.39 Å². The third-order valence-electron chi connectivity index (χ3n) is 2.91. The number of nitrogens with one attached hydrogen (secondary N) is 1. The van der Waals surface area contributed by atoms with Crippen LogP contribution in [0.25, 0.3) is 0 Å².